The molecular formula is C21H20N4O. The molecule has 26 heavy (non-hydrogen) atoms. The van der Waals surface area contributed by atoms with Gasteiger partial charge in [-0.25, -0.2) is 4.98 Å². The Hall–Kier alpha value is -3.13. The van der Waals surface area contributed by atoms with E-state index in [9.17, 15) is 10.1 Å². The van der Waals surface area contributed by atoms with Gasteiger partial charge < -0.3 is 10.6 Å². The van der Waals surface area contributed by atoms with Gasteiger partial charge in [-0.1, -0.05) is 30.3 Å². The number of rotatable bonds is 1. The molecule has 2 aliphatic heterocycles. The molecule has 5 nitrogen and oxygen atoms in total. The molecule has 2 N–H and O–H groups in total. The topological polar surface area (TPSA) is 77.8 Å². The van der Waals surface area contributed by atoms with E-state index in [1.165, 1.54) is 0 Å². The molecule has 1 amide bonds. The second-order valence-corrected chi connectivity index (χ2v) is 7.68. The van der Waals surface area contributed by atoms with Gasteiger partial charge in [0.2, 0.25) is 0 Å². The normalized spacial score (nSPS) is 23.2. The molecule has 5 heteroatoms. The van der Waals surface area contributed by atoms with Crippen LogP contribution in [0.5, 0.6) is 0 Å². The maximum Gasteiger partial charge on any atom is 0.250 e. The summed E-state index contributed by atoms with van der Waals surface area (Å²) in [6.45, 7) is 6.02. The number of hydrogen-bond donors (Lipinski definition) is 2. The van der Waals surface area contributed by atoms with Crippen molar-refractivity contribution in [2.24, 2.45) is 0 Å². The number of carbonyl (C=O) groups excluding carboxylic acids is 1. The Bertz CT molecular complexity index is 985. The first kappa shape index (κ1) is 16.3. The van der Waals surface area contributed by atoms with E-state index in [2.05, 4.69) is 21.7 Å². The number of nitrogens with one attached hydrogen (secondary N) is 2. The molecule has 0 saturated heterocycles. The Kier molecular flexibility index (Phi) is 3.42. The maximum atomic E-state index is 13.1. The van der Waals surface area contributed by atoms with E-state index in [-0.39, 0.29) is 11.4 Å². The first-order valence-corrected chi connectivity index (χ1v) is 8.65. The van der Waals surface area contributed by atoms with Crippen LogP contribution in [0.4, 0.5) is 5.82 Å². The van der Waals surface area contributed by atoms with Gasteiger partial charge in [0, 0.05) is 29.4 Å². The summed E-state index contributed by atoms with van der Waals surface area (Å²) in [4.78, 5) is 17.6. The van der Waals surface area contributed by atoms with E-state index in [0.29, 0.717) is 23.4 Å². The molecule has 1 atom stereocenters. The third-order valence-corrected chi connectivity index (χ3v) is 5.29. The standard InChI is InChI=1S/C21H20N4O/c1-20(2)11-15-17(19(26)25-20)21(3,14-7-5-4-6-8-14)16-13(12-22)9-10-23-18(16)24-15/h4-10H,11H2,1-3H3,(H,23,24)(H,25,26). The lowest BCUT2D eigenvalue weighted by molar-refractivity contribution is -0.120. The van der Waals surface area contributed by atoms with Gasteiger partial charge in [0.15, 0.2) is 0 Å². The maximum absolute atomic E-state index is 13.1. The molecule has 2 aliphatic rings. The lowest BCUT2D eigenvalue weighted by atomic mass is 9.65. The van der Waals surface area contributed by atoms with Crippen molar-refractivity contribution in [1.82, 2.24) is 10.3 Å². The van der Waals surface area contributed by atoms with Crippen molar-refractivity contribution in [2.45, 2.75) is 38.1 Å². The Morgan fingerprint density at radius 3 is 2.58 bits per heavy atom. The number of hydrogen-bond acceptors (Lipinski definition) is 4. The highest BCUT2D eigenvalue weighted by Gasteiger charge is 2.49. The quantitative estimate of drug-likeness (QED) is 0.832. The Morgan fingerprint density at radius 1 is 1.15 bits per heavy atom. The molecule has 4 rings (SSSR count). The molecule has 3 heterocycles. The van der Waals surface area contributed by atoms with E-state index >= 15 is 0 Å². The van der Waals surface area contributed by atoms with E-state index in [4.69, 9.17) is 0 Å². The summed E-state index contributed by atoms with van der Waals surface area (Å²) >= 11 is 0. The van der Waals surface area contributed by atoms with Crippen LogP contribution < -0.4 is 10.6 Å². The minimum Gasteiger partial charge on any atom is -0.347 e. The van der Waals surface area contributed by atoms with Crippen molar-refractivity contribution in [3.63, 3.8) is 0 Å². The van der Waals surface area contributed by atoms with Crippen LogP contribution in [-0.4, -0.2) is 16.4 Å². The van der Waals surface area contributed by atoms with Gasteiger partial charge >= 0.3 is 0 Å². The molecule has 0 bridgehead atoms. The Labute approximate surface area is 152 Å². The van der Waals surface area contributed by atoms with Crippen molar-refractivity contribution in [2.75, 3.05) is 5.32 Å². The summed E-state index contributed by atoms with van der Waals surface area (Å²) in [6.07, 6.45) is 2.31. The average molecular weight is 344 g/mol. The first-order chi connectivity index (χ1) is 12.4. The van der Waals surface area contributed by atoms with Crippen molar-refractivity contribution >= 4 is 11.7 Å². The van der Waals surface area contributed by atoms with Gasteiger partial charge in [0.25, 0.3) is 5.91 Å². The summed E-state index contributed by atoms with van der Waals surface area (Å²) in [7, 11) is 0. The molecule has 130 valence electrons. The number of nitrogens with zero attached hydrogens (tertiary/aromatic N) is 2. The highest BCUT2D eigenvalue weighted by atomic mass is 16.2. The zero-order valence-corrected chi connectivity index (χ0v) is 15.1. The van der Waals surface area contributed by atoms with E-state index in [0.717, 1.165) is 16.8 Å². The van der Waals surface area contributed by atoms with E-state index in [1.807, 2.05) is 51.1 Å². The highest BCUT2D eigenvalue weighted by Crippen LogP contribution is 2.49. The van der Waals surface area contributed by atoms with Crippen LogP contribution in [0.2, 0.25) is 0 Å². The van der Waals surface area contributed by atoms with Crippen LogP contribution in [0, 0.1) is 11.3 Å². The van der Waals surface area contributed by atoms with Crippen molar-refractivity contribution < 1.29 is 4.79 Å². The van der Waals surface area contributed by atoms with Crippen molar-refractivity contribution in [3.05, 3.63) is 70.6 Å². The number of amides is 1. The Balaban J connectivity index is 2.07. The fraction of sp³-hybridized carbons (Fsp3) is 0.286. The van der Waals surface area contributed by atoms with Gasteiger partial charge in [0.05, 0.1) is 22.6 Å². The van der Waals surface area contributed by atoms with Crippen LogP contribution >= 0.6 is 0 Å². The lowest BCUT2D eigenvalue weighted by Crippen LogP contribution is -2.54. The number of carbonyl (C=O) groups is 1. The van der Waals surface area contributed by atoms with Crippen molar-refractivity contribution in [1.29, 1.82) is 5.26 Å². The molecular weight excluding hydrogens is 324 g/mol. The molecule has 0 aliphatic carbocycles. The fourth-order valence-corrected chi connectivity index (χ4v) is 4.20. The summed E-state index contributed by atoms with van der Waals surface area (Å²) < 4.78 is 0. The zero-order chi connectivity index (χ0) is 18.5. The second-order valence-electron chi connectivity index (χ2n) is 7.68. The van der Waals surface area contributed by atoms with Crippen LogP contribution in [0.3, 0.4) is 0 Å². The van der Waals surface area contributed by atoms with Crippen LogP contribution in [0.25, 0.3) is 0 Å². The summed E-state index contributed by atoms with van der Waals surface area (Å²) in [5.41, 5.74) is 2.69. The molecule has 1 aromatic carbocycles. The van der Waals surface area contributed by atoms with Gasteiger partial charge in [0.1, 0.15) is 5.82 Å². The zero-order valence-electron chi connectivity index (χ0n) is 15.1. The highest BCUT2D eigenvalue weighted by molar-refractivity contribution is 6.01. The third-order valence-electron chi connectivity index (χ3n) is 5.29. The van der Waals surface area contributed by atoms with Crippen LogP contribution in [-0.2, 0) is 10.2 Å². The number of fused-ring (bicyclic) bond motifs is 1. The average Bonchev–Trinajstić information content (AvgIpc) is 2.60. The number of aromatic nitrogens is 1. The molecule has 1 aromatic heterocycles. The largest absolute Gasteiger partial charge is 0.347 e. The SMILES string of the molecule is CC1(C)CC2=C(C(=O)N1)C(C)(c1ccccc1)c1c(C#N)ccnc1N2. The molecule has 0 saturated carbocycles. The van der Waals surface area contributed by atoms with Gasteiger partial charge in [-0.05, 0) is 32.4 Å². The predicted molar refractivity (Wildman–Crippen MR) is 99.3 cm³/mol. The molecule has 0 radical (unpaired) electrons. The third kappa shape index (κ3) is 2.22. The van der Waals surface area contributed by atoms with Gasteiger partial charge in [-0.15, -0.1) is 0 Å². The summed E-state index contributed by atoms with van der Waals surface area (Å²) in [5.74, 6) is 0.549. The molecule has 0 fully saturated rings. The minimum atomic E-state index is -0.753. The summed E-state index contributed by atoms with van der Waals surface area (Å²) in [6, 6.07) is 13.8. The minimum absolute atomic E-state index is 0.103. The van der Waals surface area contributed by atoms with Crippen LogP contribution in [0.15, 0.2) is 53.9 Å². The van der Waals surface area contributed by atoms with E-state index < -0.39 is 5.41 Å². The lowest BCUT2D eigenvalue weighted by Gasteiger charge is -2.45. The number of nitriles is 1. The van der Waals surface area contributed by atoms with Crippen molar-refractivity contribution in [3.8, 4) is 6.07 Å². The number of pyridine rings is 1. The van der Waals surface area contributed by atoms with E-state index in [1.54, 1.807) is 12.3 Å². The molecule has 2 aromatic rings. The van der Waals surface area contributed by atoms with Gasteiger partial charge in [-0.3, -0.25) is 4.79 Å². The second kappa shape index (κ2) is 5.43. The smallest absolute Gasteiger partial charge is 0.250 e. The summed E-state index contributed by atoms with van der Waals surface area (Å²) in [5, 5.41) is 16.1. The number of anilines is 1. The fourth-order valence-electron chi connectivity index (χ4n) is 4.20. The predicted octanol–water partition coefficient (Wildman–Crippen LogP) is 3.24. The molecule has 0 spiro atoms. The Morgan fingerprint density at radius 2 is 1.88 bits per heavy atom. The first-order valence-electron chi connectivity index (χ1n) is 8.65. The number of benzene rings is 1. The monoisotopic (exact) mass is 344 g/mol. The van der Waals surface area contributed by atoms with Crippen LogP contribution in [0.1, 0.15) is 43.9 Å². The van der Waals surface area contributed by atoms with Gasteiger partial charge in [-0.2, -0.15) is 5.26 Å². The molecule has 1 unspecified atom stereocenters.